The number of hydrogen-bond donors (Lipinski definition) is 2. The van der Waals surface area contributed by atoms with Crippen molar-refractivity contribution in [2.24, 2.45) is 5.73 Å². The molecule has 2 atom stereocenters. The van der Waals surface area contributed by atoms with E-state index in [-0.39, 0.29) is 11.9 Å². The molecule has 0 aliphatic carbocycles. The molecule has 2 rings (SSSR count). The summed E-state index contributed by atoms with van der Waals surface area (Å²) >= 11 is 0. The lowest BCUT2D eigenvalue weighted by molar-refractivity contribution is -0.119. The van der Waals surface area contributed by atoms with Gasteiger partial charge in [0.15, 0.2) is 0 Å². The van der Waals surface area contributed by atoms with Crippen LogP contribution in [0.15, 0.2) is 54.7 Å². The maximum atomic E-state index is 11.2. The van der Waals surface area contributed by atoms with Gasteiger partial charge in [0.25, 0.3) is 0 Å². The van der Waals surface area contributed by atoms with Gasteiger partial charge in [0.2, 0.25) is 5.91 Å². The van der Waals surface area contributed by atoms with Gasteiger partial charge >= 0.3 is 0 Å². The van der Waals surface area contributed by atoms with E-state index in [4.69, 9.17) is 5.73 Å². The molecule has 0 saturated heterocycles. The number of rotatable bonds is 5. The van der Waals surface area contributed by atoms with Crippen molar-refractivity contribution in [2.45, 2.75) is 19.0 Å². The highest BCUT2D eigenvalue weighted by Crippen LogP contribution is 2.20. The van der Waals surface area contributed by atoms with Gasteiger partial charge in [-0.15, -0.1) is 0 Å². The van der Waals surface area contributed by atoms with Crippen LogP contribution >= 0.6 is 0 Å². The Kier molecular flexibility index (Phi) is 4.26. The van der Waals surface area contributed by atoms with Gasteiger partial charge in [-0.05, 0) is 24.6 Å². The lowest BCUT2D eigenvalue weighted by atomic mass is 10.0. The SMILES string of the molecule is C[C@H](N[C@H](c1ccccc1)c1ccccn1)C(N)=O. The van der Waals surface area contributed by atoms with Crippen LogP contribution in [0.4, 0.5) is 0 Å². The van der Waals surface area contributed by atoms with Crippen LogP contribution in [0.25, 0.3) is 0 Å². The van der Waals surface area contributed by atoms with Crippen LogP contribution < -0.4 is 11.1 Å². The lowest BCUT2D eigenvalue weighted by Crippen LogP contribution is -2.41. The van der Waals surface area contributed by atoms with Crippen molar-refractivity contribution in [1.82, 2.24) is 10.3 Å². The molecule has 3 N–H and O–H groups in total. The van der Waals surface area contributed by atoms with Crippen molar-refractivity contribution in [3.8, 4) is 0 Å². The highest BCUT2D eigenvalue weighted by Gasteiger charge is 2.19. The maximum Gasteiger partial charge on any atom is 0.234 e. The number of nitrogens with one attached hydrogen (secondary N) is 1. The monoisotopic (exact) mass is 255 g/mol. The van der Waals surface area contributed by atoms with Gasteiger partial charge < -0.3 is 5.73 Å². The molecule has 0 saturated carbocycles. The molecule has 1 aromatic carbocycles. The summed E-state index contributed by atoms with van der Waals surface area (Å²) in [6.45, 7) is 1.75. The van der Waals surface area contributed by atoms with Crippen LogP contribution in [0.1, 0.15) is 24.2 Å². The maximum absolute atomic E-state index is 11.2. The number of aromatic nitrogens is 1. The fraction of sp³-hybridized carbons (Fsp3) is 0.200. The number of amides is 1. The van der Waals surface area contributed by atoms with Gasteiger partial charge in [0, 0.05) is 6.20 Å². The molecule has 98 valence electrons. The third kappa shape index (κ3) is 3.39. The molecule has 0 unspecified atom stereocenters. The number of nitrogens with zero attached hydrogens (tertiary/aromatic N) is 1. The van der Waals surface area contributed by atoms with E-state index in [1.165, 1.54) is 0 Å². The molecular weight excluding hydrogens is 238 g/mol. The summed E-state index contributed by atoms with van der Waals surface area (Å²) in [5, 5.41) is 3.21. The predicted molar refractivity (Wildman–Crippen MR) is 74.3 cm³/mol. The second-order valence-electron chi connectivity index (χ2n) is 4.39. The molecule has 4 heteroatoms. The van der Waals surface area contributed by atoms with E-state index in [1.807, 2.05) is 48.5 Å². The quantitative estimate of drug-likeness (QED) is 0.853. The Balaban J connectivity index is 2.32. The fourth-order valence-electron chi connectivity index (χ4n) is 1.88. The molecule has 4 nitrogen and oxygen atoms in total. The van der Waals surface area contributed by atoms with Crippen LogP contribution in [0, 0.1) is 0 Å². The molecule has 0 spiro atoms. The Morgan fingerprint density at radius 1 is 1.16 bits per heavy atom. The topological polar surface area (TPSA) is 68.0 Å². The Labute approximate surface area is 112 Å². The minimum atomic E-state index is -0.424. The van der Waals surface area contributed by atoms with Crippen molar-refractivity contribution in [1.29, 1.82) is 0 Å². The normalized spacial score (nSPS) is 13.7. The zero-order valence-corrected chi connectivity index (χ0v) is 10.8. The van der Waals surface area contributed by atoms with Gasteiger partial charge in [-0.2, -0.15) is 0 Å². The fourth-order valence-corrected chi connectivity index (χ4v) is 1.88. The van der Waals surface area contributed by atoms with Crippen molar-refractivity contribution >= 4 is 5.91 Å². The van der Waals surface area contributed by atoms with E-state index in [0.717, 1.165) is 11.3 Å². The number of hydrogen-bond acceptors (Lipinski definition) is 3. The van der Waals surface area contributed by atoms with E-state index >= 15 is 0 Å². The third-order valence-corrected chi connectivity index (χ3v) is 2.96. The van der Waals surface area contributed by atoms with E-state index in [1.54, 1.807) is 13.1 Å². The first kappa shape index (κ1) is 13.2. The van der Waals surface area contributed by atoms with Crippen LogP contribution in [-0.2, 0) is 4.79 Å². The second kappa shape index (κ2) is 6.11. The minimum absolute atomic E-state index is 0.148. The van der Waals surface area contributed by atoms with Crippen LogP contribution in [0.3, 0.4) is 0 Å². The Morgan fingerprint density at radius 3 is 2.42 bits per heavy atom. The van der Waals surface area contributed by atoms with Crippen LogP contribution in [-0.4, -0.2) is 16.9 Å². The number of primary amides is 1. The van der Waals surface area contributed by atoms with Crippen LogP contribution in [0.5, 0.6) is 0 Å². The summed E-state index contributed by atoms with van der Waals surface area (Å²) in [5.41, 5.74) is 7.23. The summed E-state index contributed by atoms with van der Waals surface area (Å²) in [4.78, 5) is 15.6. The van der Waals surface area contributed by atoms with E-state index in [0.29, 0.717) is 0 Å². The van der Waals surface area contributed by atoms with Crippen LogP contribution in [0.2, 0.25) is 0 Å². The smallest absolute Gasteiger partial charge is 0.234 e. The average molecular weight is 255 g/mol. The Bertz CT molecular complexity index is 488. The van der Waals surface area contributed by atoms with E-state index < -0.39 is 6.04 Å². The molecule has 1 heterocycles. The first-order valence-corrected chi connectivity index (χ1v) is 6.19. The molecule has 19 heavy (non-hydrogen) atoms. The first-order valence-electron chi connectivity index (χ1n) is 6.19. The van der Waals surface area contributed by atoms with Crippen molar-refractivity contribution in [3.63, 3.8) is 0 Å². The van der Waals surface area contributed by atoms with E-state index in [2.05, 4.69) is 10.3 Å². The molecule has 2 aromatic rings. The number of carbonyl (C=O) groups is 1. The summed E-state index contributed by atoms with van der Waals surface area (Å²) in [5.74, 6) is -0.378. The number of pyridine rings is 1. The molecule has 0 radical (unpaired) electrons. The predicted octanol–water partition coefficient (Wildman–Crippen LogP) is 1.63. The number of nitrogens with two attached hydrogens (primary N) is 1. The second-order valence-corrected chi connectivity index (χ2v) is 4.39. The number of carbonyl (C=O) groups excluding carboxylic acids is 1. The summed E-state index contributed by atoms with van der Waals surface area (Å²) in [6, 6.07) is 15.0. The van der Waals surface area contributed by atoms with Gasteiger partial charge in [-0.1, -0.05) is 36.4 Å². The molecular formula is C15H17N3O. The average Bonchev–Trinajstić information content (AvgIpc) is 2.46. The zero-order chi connectivity index (χ0) is 13.7. The molecule has 0 aliphatic rings. The molecule has 0 fully saturated rings. The highest BCUT2D eigenvalue weighted by molar-refractivity contribution is 5.79. The molecule has 1 aromatic heterocycles. The lowest BCUT2D eigenvalue weighted by Gasteiger charge is -2.21. The third-order valence-electron chi connectivity index (χ3n) is 2.96. The first-order chi connectivity index (χ1) is 9.18. The standard InChI is InChI=1S/C15H17N3O/c1-11(15(16)19)18-14(12-7-3-2-4-8-12)13-9-5-6-10-17-13/h2-11,14,18H,1H3,(H2,16,19)/t11-,14+/m0/s1. The minimum Gasteiger partial charge on any atom is -0.368 e. The molecule has 0 aliphatic heterocycles. The van der Waals surface area contributed by atoms with Gasteiger partial charge in [0.1, 0.15) is 0 Å². The van der Waals surface area contributed by atoms with Crippen molar-refractivity contribution in [3.05, 3.63) is 66.0 Å². The highest BCUT2D eigenvalue weighted by atomic mass is 16.1. The molecule has 1 amide bonds. The number of benzene rings is 1. The van der Waals surface area contributed by atoms with Gasteiger partial charge in [-0.25, -0.2) is 0 Å². The molecule has 0 bridgehead atoms. The largest absolute Gasteiger partial charge is 0.368 e. The van der Waals surface area contributed by atoms with Gasteiger partial charge in [0.05, 0.1) is 17.8 Å². The Hall–Kier alpha value is -2.20. The summed E-state index contributed by atoms with van der Waals surface area (Å²) < 4.78 is 0. The van der Waals surface area contributed by atoms with Gasteiger partial charge in [-0.3, -0.25) is 15.1 Å². The van der Waals surface area contributed by atoms with Crippen molar-refractivity contribution in [2.75, 3.05) is 0 Å². The summed E-state index contributed by atoms with van der Waals surface area (Å²) in [7, 11) is 0. The Morgan fingerprint density at radius 2 is 1.84 bits per heavy atom. The van der Waals surface area contributed by atoms with Crippen molar-refractivity contribution < 1.29 is 4.79 Å². The summed E-state index contributed by atoms with van der Waals surface area (Å²) in [6.07, 6.45) is 1.74. The zero-order valence-electron chi connectivity index (χ0n) is 10.8. The van der Waals surface area contributed by atoms with E-state index in [9.17, 15) is 4.79 Å².